The Morgan fingerprint density at radius 3 is 2.73 bits per heavy atom. The van der Waals surface area contributed by atoms with Crippen LogP contribution in [0.5, 0.6) is 0 Å². The second kappa shape index (κ2) is 4.38. The van der Waals surface area contributed by atoms with Gasteiger partial charge in [-0.3, -0.25) is 0 Å². The van der Waals surface area contributed by atoms with Gasteiger partial charge in [0.05, 0.1) is 10.4 Å². The van der Waals surface area contributed by atoms with Crippen molar-refractivity contribution in [2.75, 3.05) is 0 Å². The van der Waals surface area contributed by atoms with Gasteiger partial charge in [-0.25, -0.2) is 9.37 Å². The molecule has 0 saturated heterocycles. The van der Waals surface area contributed by atoms with Gasteiger partial charge in [-0.05, 0) is 22.0 Å². The van der Waals surface area contributed by atoms with Crippen LogP contribution in [0, 0.1) is 5.82 Å². The van der Waals surface area contributed by atoms with Crippen molar-refractivity contribution in [1.82, 2.24) is 4.98 Å². The lowest BCUT2D eigenvalue weighted by Crippen LogP contribution is -2.00. The van der Waals surface area contributed by atoms with Crippen LogP contribution in [0.1, 0.15) is 16.5 Å². The first-order chi connectivity index (χ1) is 7.20. The van der Waals surface area contributed by atoms with Crippen molar-refractivity contribution < 1.29 is 9.50 Å². The summed E-state index contributed by atoms with van der Waals surface area (Å²) in [6.45, 7) is 0. The van der Waals surface area contributed by atoms with Crippen molar-refractivity contribution in [2.45, 2.75) is 6.10 Å². The zero-order chi connectivity index (χ0) is 10.8. The van der Waals surface area contributed by atoms with Crippen molar-refractivity contribution in [3.05, 3.63) is 50.6 Å². The molecule has 0 aliphatic heterocycles. The van der Waals surface area contributed by atoms with Gasteiger partial charge in [0.2, 0.25) is 0 Å². The molecule has 1 aromatic heterocycles. The maximum absolute atomic E-state index is 13.4. The molecule has 5 heteroatoms. The number of aliphatic hydroxyl groups is 1. The highest BCUT2D eigenvalue weighted by Crippen LogP contribution is 2.31. The summed E-state index contributed by atoms with van der Waals surface area (Å²) in [5.74, 6) is -0.412. The standard InChI is InChI=1S/C10H7BrFNOS/c11-10-9(15-5-13-10)8(14)6-3-1-2-4-7(6)12/h1-5,8,14H. The van der Waals surface area contributed by atoms with E-state index in [1.54, 1.807) is 23.7 Å². The minimum atomic E-state index is -0.965. The Labute approximate surface area is 98.5 Å². The van der Waals surface area contributed by atoms with Gasteiger partial charge in [0.1, 0.15) is 16.5 Å². The number of nitrogens with zero attached hydrogens (tertiary/aromatic N) is 1. The van der Waals surface area contributed by atoms with Gasteiger partial charge in [0.25, 0.3) is 0 Å². The Morgan fingerprint density at radius 1 is 1.40 bits per heavy atom. The molecule has 0 aliphatic rings. The van der Waals surface area contributed by atoms with E-state index in [-0.39, 0.29) is 5.56 Å². The van der Waals surface area contributed by atoms with Crippen LogP contribution in [0.25, 0.3) is 0 Å². The van der Waals surface area contributed by atoms with E-state index >= 15 is 0 Å². The van der Waals surface area contributed by atoms with Crippen LogP contribution in [0.2, 0.25) is 0 Å². The van der Waals surface area contributed by atoms with E-state index < -0.39 is 11.9 Å². The van der Waals surface area contributed by atoms with Crippen LogP contribution in [-0.2, 0) is 0 Å². The number of hydrogen-bond acceptors (Lipinski definition) is 3. The molecule has 1 atom stereocenters. The van der Waals surface area contributed by atoms with Crippen LogP contribution in [0.4, 0.5) is 4.39 Å². The van der Waals surface area contributed by atoms with Gasteiger partial charge < -0.3 is 5.11 Å². The van der Waals surface area contributed by atoms with Crippen molar-refractivity contribution >= 4 is 27.3 Å². The number of hydrogen-bond donors (Lipinski definition) is 1. The lowest BCUT2D eigenvalue weighted by molar-refractivity contribution is 0.218. The number of halogens is 2. The van der Waals surface area contributed by atoms with E-state index in [0.717, 1.165) is 0 Å². The molecule has 0 radical (unpaired) electrons. The van der Waals surface area contributed by atoms with E-state index in [9.17, 15) is 9.50 Å². The van der Waals surface area contributed by atoms with Gasteiger partial charge in [0, 0.05) is 5.56 Å². The monoisotopic (exact) mass is 287 g/mol. The van der Waals surface area contributed by atoms with Gasteiger partial charge in [-0.15, -0.1) is 11.3 Å². The third kappa shape index (κ3) is 2.09. The molecule has 15 heavy (non-hydrogen) atoms. The first kappa shape index (κ1) is 10.7. The zero-order valence-corrected chi connectivity index (χ0v) is 9.93. The molecule has 1 N–H and O–H groups in total. The smallest absolute Gasteiger partial charge is 0.129 e. The molecule has 0 bridgehead atoms. The predicted octanol–water partition coefficient (Wildman–Crippen LogP) is 3.13. The summed E-state index contributed by atoms with van der Waals surface area (Å²) in [5, 5.41) is 9.94. The third-order valence-corrected chi connectivity index (χ3v) is 3.77. The largest absolute Gasteiger partial charge is 0.383 e. The van der Waals surface area contributed by atoms with Gasteiger partial charge in [-0.2, -0.15) is 0 Å². The Balaban J connectivity index is 2.41. The lowest BCUT2D eigenvalue weighted by atomic mass is 10.1. The fourth-order valence-corrected chi connectivity index (χ4v) is 2.67. The molecule has 2 aromatic rings. The van der Waals surface area contributed by atoms with Crippen molar-refractivity contribution in [3.8, 4) is 0 Å². The van der Waals surface area contributed by atoms with Crippen LogP contribution in [0.3, 0.4) is 0 Å². The van der Waals surface area contributed by atoms with E-state index in [1.165, 1.54) is 17.4 Å². The second-order valence-corrected chi connectivity index (χ2v) is 4.57. The predicted molar refractivity (Wildman–Crippen MR) is 60.3 cm³/mol. The number of aliphatic hydroxyl groups excluding tert-OH is 1. The SMILES string of the molecule is OC(c1ccccc1F)c1scnc1Br. The topological polar surface area (TPSA) is 33.1 Å². The summed E-state index contributed by atoms with van der Waals surface area (Å²) < 4.78 is 13.9. The number of rotatable bonds is 2. The summed E-state index contributed by atoms with van der Waals surface area (Å²) in [5.41, 5.74) is 1.87. The molecule has 1 heterocycles. The number of thiazole rings is 1. The van der Waals surface area contributed by atoms with E-state index in [2.05, 4.69) is 20.9 Å². The third-order valence-electron chi connectivity index (χ3n) is 2.00. The van der Waals surface area contributed by atoms with Gasteiger partial charge >= 0.3 is 0 Å². The minimum Gasteiger partial charge on any atom is -0.383 e. The van der Waals surface area contributed by atoms with E-state index in [0.29, 0.717) is 9.48 Å². The molecule has 0 saturated carbocycles. The summed E-state index contributed by atoms with van der Waals surface area (Å²) in [6.07, 6.45) is -0.965. The molecule has 0 amide bonds. The fraction of sp³-hybridized carbons (Fsp3) is 0.100. The van der Waals surface area contributed by atoms with Gasteiger partial charge in [-0.1, -0.05) is 18.2 Å². The highest BCUT2D eigenvalue weighted by molar-refractivity contribution is 9.10. The average Bonchev–Trinajstić information content (AvgIpc) is 2.64. The minimum absolute atomic E-state index is 0.266. The normalized spacial score (nSPS) is 12.7. The van der Waals surface area contributed by atoms with Crippen LogP contribution in [0.15, 0.2) is 34.4 Å². The molecule has 2 rings (SSSR count). The molecule has 0 aliphatic carbocycles. The molecule has 78 valence electrons. The van der Waals surface area contributed by atoms with Gasteiger partial charge in [0.15, 0.2) is 0 Å². The summed E-state index contributed by atoms with van der Waals surface area (Å²) in [6, 6.07) is 6.17. The maximum Gasteiger partial charge on any atom is 0.129 e. The van der Waals surface area contributed by atoms with Crippen molar-refractivity contribution in [2.24, 2.45) is 0 Å². The first-order valence-electron chi connectivity index (χ1n) is 4.21. The summed E-state index contributed by atoms with van der Waals surface area (Å²) in [7, 11) is 0. The van der Waals surface area contributed by atoms with E-state index in [4.69, 9.17) is 0 Å². The molecule has 0 fully saturated rings. The van der Waals surface area contributed by atoms with Crippen LogP contribution in [-0.4, -0.2) is 10.1 Å². The molecular weight excluding hydrogens is 281 g/mol. The highest BCUT2D eigenvalue weighted by Gasteiger charge is 2.18. The molecule has 1 aromatic carbocycles. The molecule has 2 nitrogen and oxygen atoms in total. The Kier molecular flexibility index (Phi) is 3.14. The Morgan fingerprint density at radius 2 is 2.13 bits per heavy atom. The zero-order valence-electron chi connectivity index (χ0n) is 7.52. The average molecular weight is 288 g/mol. The summed E-state index contributed by atoms with van der Waals surface area (Å²) >= 11 is 4.49. The number of benzene rings is 1. The number of aromatic nitrogens is 1. The van der Waals surface area contributed by atoms with Crippen LogP contribution >= 0.6 is 27.3 Å². The molecular formula is C10H7BrFNOS. The lowest BCUT2D eigenvalue weighted by Gasteiger charge is -2.09. The molecule has 1 unspecified atom stereocenters. The Hall–Kier alpha value is -0.780. The molecule has 0 spiro atoms. The van der Waals surface area contributed by atoms with Crippen LogP contribution < -0.4 is 0 Å². The van der Waals surface area contributed by atoms with Crippen molar-refractivity contribution in [1.29, 1.82) is 0 Å². The highest BCUT2D eigenvalue weighted by atomic mass is 79.9. The second-order valence-electron chi connectivity index (χ2n) is 2.93. The fourth-order valence-electron chi connectivity index (χ4n) is 1.26. The Bertz CT molecular complexity index is 474. The maximum atomic E-state index is 13.4. The first-order valence-corrected chi connectivity index (χ1v) is 5.89. The van der Waals surface area contributed by atoms with E-state index in [1.807, 2.05) is 0 Å². The van der Waals surface area contributed by atoms with Crippen molar-refractivity contribution in [3.63, 3.8) is 0 Å². The quantitative estimate of drug-likeness (QED) is 0.921. The summed E-state index contributed by atoms with van der Waals surface area (Å²) in [4.78, 5) is 4.56.